The van der Waals surface area contributed by atoms with Gasteiger partial charge in [0.2, 0.25) is 0 Å². The zero-order valence-electron chi connectivity index (χ0n) is 17.0. The minimum atomic E-state index is -1.65. The van der Waals surface area contributed by atoms with Crippen LogP contribution in [0.2, 0.25) is 5.02 Å². The Bertz CT molecular complexity index is 1320. The molecule has 0 spiro atoms. The van der Waals surface area contributed by atoms with E-state index in [9.17, 15) is 14.8 Å². The van der Waals surface area contributed by atoms with E-state index in [1.165, 1.54) is 6.07 Å². The Morgan fingerprint density at radius 2 is 1.82 bits per heavy atom. The minimum Gasteiger partial charge on any atom is -0.483 e. The first kappa shape index (κ1) is 23.7. The molecule has 0 atom stereocenters. The lowest BCUT2D eigenvalue weighted by atomic mass is 9.78. The van der Waals surface area contributed by atoms with Gasteiger partial charge in [-0.25, -0.2) is 0 Å². The number of hydrogen-bond donors (Lipinski definition) is 5. The number of nitrogen functional groups attached to an aromatic ring is 1. The van der Waals surface area contributed by atoms with E-state index in [-0.39, 0.29) is 17.8 Å². The summed E-state index contributed by atoms with van der Waals surface area (Å²) in [5, 5.41) is 38.5. The predicted octanol–water partition coefficient (Wildman–Crippen LogP) is 2.17. The molecule has 0 saturated heterocycles. The number of fused-ring (bicyclic) bond motifs is 1. The number of nitrogens with zero attached hydrogens (tertiary/aromatic N) is 2. The molecule has 11 heteroatoms. The third-order valence-electron chi connectivity index (χ3n) is 4.71. The number of anilines is 2. The molecule has 0 aliphatic rings. The minimum absolute atomic E-state index is 0.250. The molecule has 0 saturated carbocycles. The highest BCUT2D eigenvalue weighted by Crippen LogP contribution is 2.31. The highest BCUT2D eigenvalue weighted by Gasteiger charge is 2.18. The molecule has 1 aromatic heterocycles. The Hall–Kier alpha value is -3.99. The number of carboxylic acid groups (broad SMARTS) is 1. The van der Waals surface area contributed by atoms with Crippen LogP contribution in [0, 0.1) is 0 Å². The van der Waals surface area contributed by atoms with Crippen molar-refractivity contribution in [3.05, 3.63) is 77.4 Å². The van der Waals surface area contributed by atoms with Crippen molar-refractivity contribution in [1.29, 1.82) is 0 Å². The molecule has 1 amide bonds. The van der Waals surface area contributed by atoms with Gasteiger partial charge in [0.25, 0.3) is 12.4 Å². The summed E-state index contributed by atoms with van der Waals surface area (Å²) in [6.45, 7) is -0.250. The maximum atomic E-state index is 12.8. The second kappa shape index (κ2) is 10.6. The second-order valence-corrected chi connectivity index (χ2v) is 7.16. The molecule has 6 N–H and O–H groups in total. The average molecular weight is 465 g/mol. The normalized spacial score (nSPS) is 10.2. The second-order valence-electron chi connectivity index (χ2n) is 6.75. The molecule has 166 valence electrons. The molecule has 33 heavy (non-hydrogen) atoms. The molecule has 1 heterocycles. The Kier molecular flexibility index (Phi) is 7.57. The lowest BCUT2D eigenvalue weighted by Crippen LogP contribution is -2.30. The molecule has 0 radical (unpaired) electrons. The highest BCUT2D eigenvalue weighted by molar-refractivity contribution is 6.58. The van der Waals surface area contributed by atoms with Crippen molar-refractivity contribution >= 4 is 58.8 Å². The zero-order valence-corrected chi connectivity index (χ0v) is 17.8. The van der Waals surface area contributed by atoms with Crippen LogP contribution in [0.1, 0.15) is 10.4 Å². The number of aromatic nitrogens is 2. The molecular weight excluding hydrogens is 447 g/mol. The van der Waals surface area contributed by atoms with Crippen LogP contribution in [0.15, 0.2) is 66.9 Å². The van der Waals surface area contributed by atoms with Gasteiger partial charge in [-0.3, -0.25) is 9.59 Å². The van der Waals surface area contributed by atoms with E-state index in [1.54, 1.807) is 48.7 Å². The van der Waals surface area contributed by atoms with Gasteiger partial charge < -0.3 is 26.2 Å². The van der Waals surface area contributed by atoms with Gasteiger partial charge in [-0.05, 0) is 41.4 Å². The van der Waals surface area contributed by atoms with E-state index in [1.807, 2.05) is 12.1 Å². The summed E-state index contributed by atoms with van der Waals surface area (Å²) in [6.07, 6.45) is 1.59. The molecule has 3 aromatic carbocycles. The van der Waals surface area contributed by atoms with Crippen molar-refractivity contribution in [2.75, 3.05) is 11.1 Å². The van der Waals surface area contributed by atoms with Crippen LogP contribution < -0.4 is 16.5 Å². The van der Waals surface area contributed by atoms with Gasteiger partial charge in [-0.15, -0.1) is 5.10 Å². The molecular formula is C22H18BClN4O5. The fourth-order valence-electron chi connectivity index (χ4n) is 3.18. The smallest absolute Gasteiger partial charge is 0.483 e. The van der Waals surface area contributed by atoms with E-state index in [2.05, 4.69) is 15.5 Å². The summed E-state index contributed by atoms with van der Waals surface area (Å²) < 4.78 is 0. The van der Waals surface area contributed by atoms with E-state index in [0.29, 0.717) is 27.7 Å². The molecule has 4 aromatic rings. The van der Waals surface area contributed by atoms with Gasteiger partial charge in [-0.2, -0.15) is 5.10 Å². The number of amides is 1. The van der Waals surface area contributed by atoms with Crippen LogP contribution in [0.4, 0.5) is 11.5 Å². The summed E-state index contributed by atoms with van der Waals surface area (Å²) >= 11 is 6.14. The van der Waals surface area contributed by atoms with Crippen LogP contribution >= 0.6 is 11.6 Å². The number of hydrogen-bond acceptors (Lipinski definition) is 7. The zero-order chi connectivity index (χ0) is 24.0. The lowest BCUT2D eigenvalue weighted by Gasteiger charge is -2.14. The lowest BCUT2D eigenvalue weighted by molar-refractivity contribution is -0.122. The summed E-state index contributed by atoms with van der Waals surface area (Å²) in [4.78, 5) is 21.1. The monoisotopic (exact) mass is 464 g/mol. The SMILES string of the molecule is Nc1nncc2cc(-c3cc(B(O)O)ccc3NC(=O)c3ccccc3Cl)ccc12.O=CO. The van der Waals surface area contributed by atoms with Crippen molar-refractivity contribution in [2.45, 2.75) is 0 Å². The molecule has 0 aliphatic carbocycles. The molecule has 0 bridgehead atoms. The van der Waals surface area contributed by atoms with E-state index in [0.717, 1.165) is 16.3 Å². The first-order valence-corrected chi connectivity index (χ1v) is 9.88. The highest BCUT2D eigenvalue weighted by atomic mass is 35.5. The number of nitrogens with one attached hydrogen (secondary N) is 1. The topological polar surface area (TPSA) is 159 Å². The Balaban J connectivity index is 0.000000968. The third-order valence-corrected chi connectivity index (χ3v) is 5.04. The largest absolute Gasteiger partial charge is 0.488 e. The van der Waals surface area contributed by atoms with E-state index in [4.69, 9.17) is 27.2 Å². The fourth-order valence-corrected chi connectivity index (χ4v) is 3.40. The quantitative estimate of drug-likeness (QED) is 0.227. The van der Waals surface area contributed by atoms with Crippen LogP contribution in [0.25, 0.3) is 21.9 Å². The standard InChI is InChI=1S/C21H16BClN4O3.CH2O2/c23-18-4-2-1-3-16(18)21(28)26-19-8-6-14(22(29)30)10-17(19)12-5-7-15-13(9-12)11-25-27-20(15)24;2-1-3/h1-11,29-30H,(H2,24,27)(H,26,28);1H,(H,2,3). The Labute approximate surface area is 193 Å². The Morgan fingerprint density at radius 3 is 2.52 bits per heavy atom. The molecule has 0 unspecified atom stereocenters. The first-order valence-electron chi connectivity index (χ1n) is 9.50. The average Bonchev–Trinajstić information content (AvgIpc) is 2.80. The van der Waals surface area contributed by atoms with E-state index >= 15 is 0 Å². The number of carbonyl (C=O) groups excluding carboxylic acids is 1. The Morgan fingerprint density at radius 1 is 1.09 bits per heavy atom. The van der Waals surface area contributed by atoms with Gasteiger partial charge in [0.15, 0.2) is 5.82 Å². The predicted molar refractivity (Wildman–Crippen MR) is 127 cm³/mol. The number of benzene rings is 3. The maximum Gasteiger partial charge on any atom is 0.488 e. The fraction of sp³-hybridized carbons (Fsp3) is 0. The van der Waals surface area contributed by atoms with Crippen molar-refractivity contribution in [3.8, 4) is 11.1 Å². The number of halogens is 1. The number of rotatable bonds is 4. The van der Waals surface area contributed by atoms with Gasteiger partial charge in [0, 0.05) is 22.0 Å². The van der Waals surface area contributed by atoms with Gasteiger partial charge >= 0.3 is 7.12 Å². The molecule has 0 fully saturated rings. The summed E-state index contributed by atoms with van der Waals surface area (Å²) in [5.41, 5.74) is 8.30. The molecule has 0 aliphatic heterocycles. The molecule has 9 nitrogen and oxygen atoms in total. The number of nitrogens with two attached hydrogens (primary N) is 1. The molecule has 4 rings (SSSR count). The van der Waals surface area contributed by atoms with Crippen molar-refractivity contribution in [2.24, 2.45) is 0 Å². The van der Waals surface area contributed by atoms with Crippen molar-refractivity contribution in [1.82, 2.24) is 10.2 Å². The van der Waals surface area contributed by atoms with Crippen LogP contribution in [0.5, 0.6) is 0 Å². The van der Waals surface area contributed by atoms with E-state index < -0.39 is 7.12 Å². The van der Waals surface area contributed by atoms with Crippen LogP contribution in [-0.4, -0.2) is 44.8 Å². The first-order chi connectivity index (χ1) is 15.8. The van der Waals surface area contributed by atoms with Crippen LogP contribution in [-0.2, 0) is 4.79 Å². The van der Waals surface area contributed by atoms with Crippen LogP contribution in [0.3, 0.4) is 0 Å². The van der Waals surface area contributed by atoms with Gasteiger partial charge in [0.1, 0.15) is 0 Å². The number of carbonyl (C=O) groups is 2. The van der Waals surface area contributed by atoms with Gasteiger partial charge in [0.05, 0.1) is 16.8 Å². The van der Waals surface area contributed by atoms with Crippen molar-refractivity contribution < 1.29 is 24.7 Å². The van der Waals surface area contributed by atoms with Crippen molar-refractivity contribution in [3.63, 3.8) is 0 Å². The summed E-state index contributed by atoms with van der Waals surface area (Å²) in [7, 11) is -1.65. The summed E-state index contributed by atoms with van der Waals surface area (Å²) in [6, 6.07) is 16.9. The maximum absolute atomic E-state index is 12.8. The third kappa shape index (κ3) is 5.44. The van der Waals surface area contributed by atoms with Gasteiger partial charge in [-0.1, -0.05) is 41.9 Å². The summed E-state index contributed by atoms with van der Waals surface area (Å²) in [5.74, 6) is -0.0686.